The molecule has 0 saturated carbocycles. The first-order chi connectivity index (χ1) is 9.95. The van der Waals surface area contributed by atoms with E-state index in [1.54, 1.807) is 13.0 Å². The fourth-order valence-corrected chi connectivity index (χ4v) is 2.92. The predicted molar refractivity (Wildman–Crippen MR) is 81.8 cm³/mol. The highest BCUT2D eigenvalue weighted by atomic mass is 32.2. The summed E-state index contributed by atoms with van der Waals surface area (Å²) >= 11 is 2.43. The van der Waals surface area contributed by atoms with Crippen LogP contribution in [0, 0.1) is 6.92 Å². The van der Waals surface area contributed by atoms with Gasteiger partial charge in [-0.15, -0.1) is 10.2 Å². The number of nitrogen functional groups attached to an aromatic ring is 1. The van der Waals surface area contributed by atoms with Crippen molar-refractivity contribution in [3.8, 4) is 0 Å². The van der Waals surface area contributed by atoms with Crippen molar-refractivity contribution in [2.24, 2.45) is 0 Å². The van der Waals surface area contributed by atoms with E-state index in [4.69, 9.17) is 10.8 Å². The van der Waals surface area contributed by atoms with E-state index in [1.807, 2.05) is 0 Å². The zero-order valence-corrected chi connectivity index (χ0v) is 12.6. The fraction of sp³-hybridized carbons (Fsp3) is 0.167. The molecule has 1 amide bonds. The molecule has 0 radical (unpaired) electrons. The third-order valence-electron chi connectivity index (χ3n) is 2.51. The number of rotatable bonds is 5. The summed E-state index contributed by atoms with van der Waals surface area (Å²) < 4.78 is 0.610. The van der Waals surface area contributed by atoms with Crippen LogP contribution in [0.5, 0.6) is 0 Å². The molecule has 2 aromatic rings. The van der Waals surface area contributed by atoms with Crippen molar-refractivity contribution >= 4 is 45.8 Å². The van der Waals surface area contributed by atoms with Crippen LogP contribution in [-0.4, -0.2) is 32.9 Å². The van der Waals surface area contributed by atoms with Crippen LogP contribution in [0.4, 0.5) is 10.8 Å². The van der Waals surface area contributed by atoms with Gasteiger partial charge in [-0.05, 0) is 24.6 Å². The number of carbonyl (C=O) groups excluding carboxylic acids is 1. The zero-order chi connectivity index (χ0) is 15.4. The van der Waals surface area contributed by atoms with Gasteiger partial charge in [0.2, 0.25) is 11.0 Å². The van der Waals surface area contributed by atoms with E-state index >= 15 is 0 Å². The number of hydrogen-bond donors (Lipinski definition) is 3. The fourth-order valence-electron chi connectivity index (χ4n) is 1.48. The summed E-state index contributed by atoms with van der Waals surface area (Å²) in [4.78, 5) is 22.8. The normalized spacial score (nSPS) is 10.3. The Kier molecular flexibility index (Phi) is 4.76. The molecule has 0 unspecified atom stereocenters. The number of nitrogens with two attached hydrogens (primary N) is 1. The number of thioether (sulfide) groups is 1. The van der Waals surface area contributed by atoms with Gasteiger partial charge in [0.15, 0.2) is 4.34 Å². The van der Waals surface area contributed by atoms with E-state index in [2.05, 4.69) is 15.5 Å². The molecule has 110 valence electrons. The maximum atomic E-state index is 11.9. The van der Waals surface area contributed by atoms with Gasteiger partial charge < -0.3 is 16.2 Å². The monoisotopic (exact) mass is 324 g/mol. The summed E-state index contributed by atoms with van der Waals surface area (Å²) in [5.74, 6) is -1.14. The highest BCUT2D eigenvalue weighted by Gasteiger charge is 2.10. The number of benzene rings is 1. The highest BCUT2D eigenvalue weighted by molar-refractivity contribution is 8.01. The number of nitrogens with one attached hydrogen (secondary N) is 1. The number of nitrogens with zero attached hydrogens (tertiary/aromatic N) is 2. The Balaban J connectivity index is 1.99. The Morgan fingerprint density at radius 3 is 2.81 bits per heavy atom. The third-order valence-corrected chi connectivity index (χ3v) is 4.39. The molecule has 0 spiro atoms. The average Bonchev–Trinajstić information content (AvgIpc) is 2.84. The minimum Gasteiger partial charge on any atom is -0.478 e. The van der Waals surface area contributed by atoms with Gasteiger partial charge in [0.1, 0.15) is 0 Å². The van der Waals surface area contributed by atoms with Crippen LogP contribution >= 0.6 is 23.1 Å². The minimum atomic E-state index is -1.04. The molecule has 0 aliphatic heterocycles. The number of amides is 1. The van der Waals surface area contributed by atoms with Gasteiger partial charge in [0.25, 0.3) is 0 Å². The molecular formula is C12H12N4O3S2. The van der Waals surface area contributed by atoms with Gasteiger partial charge >= 0.3 is 5.97 Å². The molecule has 0 aliphatic carbocycles. The number of carbonyl (C=O) groups is 2. The maximum absolute atomic E-state index is 11.9. The van der Waals surface area contributed by atoms with Crippen LogP contribution in [0.2, 0.25) is 0 Å². The van der Waals surface area contributed by atoms with Gasteiger partial charge in [-0.3, -0.25) is 4.79 Å². The Bertz CT molecular complexity index is 687. The molecule has 0 bridgehead atoms. The van der Waals surface area contributed by atoms with E-state index in [0.29, 0.717) is 15.2 Å². The van der Waals surface area contributed by atoms with Crippen molar-refractivity contribution in [3.63, 3.8) is 0 Å². The standard InChI is InChI=1S/C12H12N4O3S2/c1-6-2-3-7(10(18)19)4-8(6)14-9(17)5-20-12-16-15-11(13)21-12/h2-4H,5H2,1H3,(H2,13,15)(H,14,17)(H,18,19). The quantitative estimate of drug-likeness (QED) is 0.718. The number of carboxylic acid groups (broad SMARTS) is 1. The predicted octanol–water partition coefficient (Wildman–Crippen LogP) is 1.86. The summed E-state index contributed by atoms with van der Waals surface area (Å²) in [6, 6.07) is 4.58. The molecule has 21 heavy (non-hydrogen) atoms. The molecule has 0 aliphatic rings. The summed E-state index contributed by atoms with van der Waals surface area (Å²) in [6.07, 6.45) is 0. The lowest BCUT2D eigenvalue weighted by Crippen LogP contribution is -2.15. The molecule has 1 aromatic heterocycles. The highest BCUT2D eigenvalue weighted by Crippen LogP contribution is 2.24. The number of carboxylic acids is 1. The first-order valence-electron chi connectivity index (χ1n) is 5.81. The lowest BCUT2D eigenvalue weighted by molar-refractivity contribution is -0.113. The maximum Gasteiger partial charge on any atom is 0.335 e. The molecule has 1 aromatic carbocycles. The van der Waals surface area contributed by atoms with Gasteiger partial charge in [0.05, 0.1) is 11.3 Å². The van der Waals surface area contributed by atoms with Gasteiger partial charge in [-0.2, -0.15) is 0 Å². The van der Waals surface area contributed by atoms with E-state index in [-0.39, 0.29) is 17.2 Å². The van der Waals surface area contributed by atoms with Crippen LogP contribution in [0.1, 0.15) is 15.9 Å². The van der Waals surface area contributed by atoms with E-state index < -0.39 is 5.97 Å². The first-order valence-corrected chi connectivity index (χ1v) is 7.61. The van der Waals surface area contributed by atoms with Crippen molar-refractivity contribution in [1.29, 1.82) is 0 Å². The third kappa shape index (κ3) is 4.17. The van der Waals surface area contributed by atoms with E-state index in [9.17, 15) is 9.59 Å². The van der Waals surface area contributed by atoms with Crippen LogP contribution in [0.3, 0.4) is 0 Å². The second-order valence-corrected chi connectivity index (χ2v) is 6.31. The molecule has 4 N–H and O–H groups in total. The van der Waals surface area contributed by atoms with Crippen LogP contribution in [0.25, 0.3) is 0 Å². The number of aromatic nitrogens is 2. The van der Waals surface area contributed by atoms with E-state index in [0.717, 1.165) is 5.56 Å². The largest absolute Gasteiger partial charge is 0.478 e. The summed E-state index contributed by atoms with van der Waals surface area (Å²) in [7, 11) is 0. The first kappa shape index (κ1) is 15.3. The second kappa shape index (κ2) is 6.55. The molecule has 0 atom stereocenters. The van der Waals surface area contributed by atoms with Crippen molar-refractivity contribution in [2.75, 3.05) is 16.8 Å². The Labute approximate surface area is 128 Å². The number of hydrogen-bond acceptors (Lipinski definition) is 7. The Morgan fingerprint density at radius 1 is 1.43 bits per heavy atom. The van der Waals surface area contributed by atoms with Gasteiger partial charge in [0, 0.05) is 5.69 Å². The topological polar surface area (TPSA) is 118 Å². The SMILES string of the molecule is Cc1ccc(C(=O)O)cc1NC(=O)CSc1nnc(N)s1. The lowest BCUT2D eigenvalue weighted by Gasteiger charge is -2.08. The van der Waals surface area contributed by atoms with Crippen molar-refractivity contribution in [2.45, 2.75) is 11.3 Å². The number of anilines is 2. The lowest BCUT2D eigenvalue weighted by atomic mass is 10.1. The molecule has 0 saturated heterocycles. The summed E-state index contributed by atoms with van der Waals surface area (Å²) in [5, 5.41) is 19.4. The average molecular weight is 324 g/mol. The van der Waals surface area contributed by atoms with Crippen LogP contribution in [0.15, 0.2) is 22.5 Å². The van der Waals surface area contributed by atoms with Crippen molar-refractivity contribution in [3.05, 3.63) is 29.3 Å². The molecule has 9 heteroatoms. The second-order valence-electron chi connectivity index (χ2n) is 4.08. The van der Waals surface area contributed by atoms with E-state index in [1.165, 1.54) is 35.2 Å². The molecule has 7 nitrogen and oxygen atoms in total. The summed E-state index contributed by atoms with van der Waals surface area (Å²) in [5.41, 5.74) is 6.85. The van der Waals surface area contributed by atoms with Crippen LogP contribution < -0.4 is 11.1 Å². The number of aromatic carboxylic acids is 1. The smallest absolute Gasteiger partial charge is 0.335 e. The van der Waals surface area contributed by atoms with Gasteiger partial charge in [-0.1, -0.05) is 29.2 Å². The van der Waals surface area contributed by atoms with Crippen LogP contribution in [-0.2, 0) is 4.79 Å². The summed E-state index contributed by atoms with van der Waals surface area (Å²) in [6.45, 7) is 1.79. The number of aryl methyl sites for hydroxylation is 1. The molecule has 1 heterocycles. The minimum absolute atomic E-state index is 0.125. The molecular weight excluding hydrogens is 312 g/mol. The van der Waals surface area contributed by atoms with Crippen molar-refractivity contribution in [1.82, 2.24) is 10.2 Å². The Hall–Kier alpha value is -2.13. The van der Waals surface area contributed by atoms with Gasteiger partial charge in [-0.25, -0.2) is 4.79 Å². The molecule has 2 rings (SSSR count). The Morgan fingerprint density at radius 2 is 2.19 bits per heavy atom. The zero-order valence-electron chi connectivity index (χ0n) is 11.0. The van der Waals surface area contributed by atoms with Crippen molar-refractivity contribution < 1.29 is 14.7 Å². The molecule has 0 fully saturated rings.